The molecule has 1 aromatic carbocycles. The highest BCUT2D eigenvalue weighted by Crippen LogP contribution is 2.46. The van der Waals surface area contributed by atoms with E-state index in [1.807, 2.05) is 31.3 Å². The van der Waals surface area contributed by atoms with Gasteiger partial charge >= 0.3 is 0 Å². The van der Waals surface area contributed by atoms with Crippen LogP contribution in [0.4, 0.5) is 5.00 Å². The minimum atomic E-state index is -0.0383. The molecule has 0 saturated heterocycles. The third-order valence-corrected chi connectivity index (χ3v) is 7.84. The van der Waals surface area contributed by atoms with Crippen molar-refractivity contribution in [3.8, 4) is 10.6 Å². The quantitative estimate of drug-likeness (QED) is 0.433. The van der Waals surface area contributed by atoms with Crippen LogP contribution in [-0.4, -0.2) is 21.9 Å². The van der Waals surface area contributed by atoms with E-state index in [-0.39, 0.29) is 5.91 Å². The lowest BCUT2D eigenvalue weighted by molar-refractivity contribution is -0.114. The fourth-order valence-corrected chi connectivity index (χ4v) is 6.67. The highest BCUT2D eigenvalue weighted by Gasteiger charge is 2.28. The van der Waals surface area contributed by atoms with Crippen molar-refractivity contribution >= 4 is 43.8 Å². The molecule has 5 rings (SSSR count). The Labute approximate surface area is 189 Å². The molecule has 0 fully saturated rings. The number of carbonyl (C=O) groups excluding carboxylic acids is 1. The summed E-state index contributed by atoms with van der Waals surface area (Å²) in [4.78, 5) is 22.4. The van der Waals surface area contributed by atoms with Crippen molar-refractivity contribution < 1.29 is 4.79 Å². The number of para-hydroxylation sites is 1. The summed E-state index contributed by atoms with van der Waals surface area (Å²) >= 11 is 3.41. The Morgan fingerprint density at radius 1 is 1.23 bits per heavy atom. The van der Waals surface area contributed by atoms with Gasteiger partial charge in [0.05, 0.1) is 10.2 Å². The Morgan fingerprint density at radius 3 is 2.90 bits per heavy atom. The van der Waals surface area contributed by atoms with Crippen LogP contribution in [0.5, 0.6) is 0 Å². The molecule has 5 nitrogen and oxygen atoms in total. The van der Waals surface area contributed by atoms with Crippen LogP contribution in [0.1, 0.15) is 35.0 Å². The van der Waals surface area contributed by atoms with Gasteiger partial charge in [0.25, 0.3) is 0 Å². The number of carbonyl (C=O) groups is 1. The van der Waals surface area contributed by atoms with E-state index in [0.29, 0.717) is 6.04 Å². The van der Waals surface area contributed by atoms with Crippen molar-refractivity contribution in [2.24, 2.45) is 0 Å². The van der Waals surface area contributed by atoms with Gasteiger partial charge in [0.1, 0.15) is 10.0 Å². The fraction of sp³-hybridized carbons (Fsp3) is 0.292. The molecule has 0 spiro atoms. The minimum Gasteiger partial charge on any atom is -0.317 e. The van der Waals surface area contributed by atoms with Crippen LogP contribution in [0, 0.1) is 6.92 Å². The van der Waals surface area contributed by atoms with Gasteiger partial charge < -0.3 is 10.6 Å². The summed E-state index contributed by atoms with van der Waals surface area (Å²) in [6, 6.07) is 12.8. The Morgan fingerprint density at radius 2 is 2.10 bits per heavy atom. The molecular formula is C24H24N4OS2. The maximum absolute atomic E-state index is 11.9. The summed E-state index contributed by atoms with van der Waals surface area (Å²) < 4.78 is 1.18. The number of aromatic nitrogens is 2. The average Bonchev–Trinajstić information content (AvgIpc) is 3.31. The van der Waals surface area contributed by atoms with Crippen molar-refractivity contribution in [2.45, 2.75) is 45.7 Å². The van der Waals surface area contributed by atoms with Gasteiger partial charge in [-0.3, -0.25) is 9.78 Å². The number of hydrogen-bond donors (Lipinski definition) is 2. The summed E-state index contributed by atoms with van der Waals surface area (Å²) in [6.45, 7) is 4.44. The highest BCUT2D eigenvalue weighted by atomic mass is 32.1. The number of amides is 1. The number of aryl methyl sites for hydroxylation is 1. The van der Waals surface area contributed by atoms with E-state index in [1.54, 1.807) is 29.6 Å². The number of anilines is 1. The van der Waals surface area contributed by atoms with Crippen LogP contribution < -0.4 is 10.6 Å². The number of benzene rings is 1. The second-order valence-corrected chi connectivity index (χ2v) is 10.1. The third kappa shape index (κ3) is 4.26. The van der Waals surface area contributed by atoms with E-state index in [1.165, 1.54) is 20.7 Å². The first-order valence-electron chi connectivity index (χ1n) is 10.5. The summed E-state index contributed by atoms with van der Waals surface area (Å²) in [5, 5.41) is 8.72. The molecule has 3 heterocycles. The predicted molar refractivity (Wildman–Crippen MR) is 129 cm³/mol. The molecule has 7 heteroatoms. The zero-order chi connectivity index (χ0) is 21.4. The first-order valence-corrected chi connectivity index (χ1v) is 12.1. The number of nitrogens with zero attached hydrogens (tertiary/aromatic N) is 2. The lowest BCUT2D eigenvalue weighted by Gasteiger charge is -2.24. The van der Waals surface area contributed by atoms with E-state index in [2.05, 4.69) is 33.8 Å². The van der Waals surface area contributed by atoms with Crippen molar-refractivity contribution in [2.75, 3.05) is 5.32 Å². The van der Waals surface area contributed by atoms with Gasteiger partial charge in [-0.15, -0.1) is 22.7 Å². The molecule has 1 aliphatic rings. The average molecular weight is 449 g/mol. The van der Waals surface area contributed by atoms with Crippen LogP contribution in [0.2, 0.25) is 0 Å². The Bertz CT molecular complexity index is 1230. The summed E-state index contributed by atoms with van der Waals surface area (Å²) in [5.41, 5.74) is 5.80. The molecule has 158 valence electrons. The highest BCUT2D eigenvalue weighted by molar-refractivity contribution is 7.22. The van der Waals surface area contributed by atoms with Crippen molar-refractivity contribution in [1.82, 2.24) is 15.3 Å². The van der Waals surface area contributed by atoms with Crippen LogP contribution in [0.25, 0.3) is 20.8 Å². The topological polar surface area (TPSA) is 66.9 Å². The minimum absolute atomic E-state index is 0.0383. The number of pyridine rings is 1. The Kier molecular flexibility index (Phi) is 5.56. The number of rotatable bonds is 5. The molecule has 3 aromatic heterocycles. The number of fused-ring (bicyclic) bond motifs is 2. The maximum atomic E-state index is 11.9. The second kappa shape index (κ2) is 8.49. The largest absolute Gasteiger partial charge is 0.317 e. The van der Waals surface area contributed by atoms with E-state index in [4.69, 9.17) is 4.98 Å². The fourth-order valence-electron chi connectivity index (χ4n) is 4.19. The molecule has 4 aromatic rings. The second-order valence-electron chi connectivity index (χ2n) is 8.00. The van der Waals surface area contributed by atoms with Crippen LogP contribution in [-0.2, 0) is 24.2 Å². The number of hydrogen-bond acceptors (Lipinski definition) is 6. The SMILES string of the molecule is CC(=O)Nc1sc2c(c1-c1nc3ccccc3s1)CCC(NCc1ccnc(C)c1)C2. The van der Waals surface area contributed by atoms with E-state index in [9.17, 15) is 4.79 Å². The first-order chi connectivity index (χ1) is 15.1. The van der Waals surface area contributed by atoms with E-state index in [0.717, 1.165) is 52.6 Å². The van der Waals surface area contributed by atoms with E-state index < -0.39 is 0 Å². The smallest absolute Gasteiger partial charge is 0.221 e. The summed E-state index contributed by atoms with van der Waals surface area (Å²) in [6.07, 6.45) is 4.91. The van der Waals surface area contributed by atoms with Crippen molar-refractivity contribution in [1.29, 1.82) is 0 Å². The number of thiophene rings is 1. The van der Waals surface area contributed by atoms with Crippen LogP contribution in [0.15, 0.2) is 42.6 Å². The molecule has 0 saturated carbocycles. The van der Waals surface area contributed by atoms with Crippen molar-refractivity contribution in [3.05, 3.63) is 64.3 Å². The third-order valence-electron chi connectivity index (χ3n) is 5.62. The molecule has 31 heavy (non-hydrogen) atoms. The number of nitrogens with one attached hydrogen (secondary N) is 2. The van der Waals surface area contributed by atoms with Gasteiger partial charge in [0, 0.05) is 41.8 Å². The molecular weight excluding hydrogens is 424 g/mol. The van der Waals surface area contributed by atoms with Crippen LogP contribution >= 0.6 is 22.7 Å². The lowest BCUT2D eigenvalue weighted by atomic mass is 9.91. The zero-order valence-corrected chi connectivity index (χ0v) is 19.2. The van der Waals surface area contributed by atoms with Gasteiger partial charge in [-0.25, -0.2) is 4.98 Å². The normalized spacial score (nSPS) is 15.7. The molecule has 0 bridgehead atoms. The standard InChI is InChI=1S/C24H24N4OS2/c1-14-11-16(9-10-25-14)13-26-17-7-8-18-21(12-17)31-23(27-15(2)29)22(18)24-28-19-5-3-4-6-20(19)30-24/h3-6,9-11,17,26H,7-8,12-13H2,1-2H3,(H,27,29). The Hall–Kier alpha value is -2.61. The van der Waals surface area contributed by atoms with Crippen LogP contribution in [0.3, 0.4) is 0 Å². The maximum Gasteiger partial charge on any atom is 0.221 e. The molecule has 2 N–H and O–H groups in total. The molecule has 0 radical (unpaired) electrons. The molecule has 1 aliphatic carbocycles. The first kappa shape index (κ1) is 20.3. The molecule has 1 unspecified atom stereocenters. The van der Waals surface area contributed by atoms with Gasteiger partial charge in [0.2, 0.25) is 5.91 Å². The summed E-state index contributed by atoms with van der Waals surface area (Å²) in [5.74, 6) is -0.0383. The Balaban J connectivity index is 1.42. The molecule has 1 atom stereocenters. The monoisotopic (exact) mass is 448 g/mol. The van der Waals surface area contributed by atoms with Crippen molar-refractivity contribution in [3.63, 3.8) is 0 Å². The number of thiazole rings is 1. The van der Waals surface area contributed by atoms with Gasteiger partial charge in [-0.1, -0.05) is 12.1 Å². The van der Waals surface area contributed by atoms with Gasteiger partial charge in [0.15, 0.2) is 0 Å². The lowest BCUT2D eigenvalue weighted by Crippen LogP contribution is -2.33. The predicted octanol–water partition coefficient (Wildman–Crippen LogP) is 5.33. The molecule has 1 amide bonds. The van der Waals surface area contributed by atoms with Gasteiger partial charge in [-0.05, 0) is 61.6 Å². The zero-order valence-electron chi connectivity index (χ0n) is 17.6. The summed E-state index contributed by atoms with van der Waals surface area (Å²) in [7, 11) is 0. The van der Waals surface area contributed by atoms with E-state index >= 15 is 0 Å². The molecule has 0 aliphatic heterocycles. The van der Waals surface area contributed by atoms with Gasteiger partial charge in [-0.2, -0.15) is 0 Å².